The molecule has 0 spiro atoms. The summed E-state index contributed by atoms with van der Waals surface area (Å²) in [6, 6.07) is 3.87. The summed E-state index contributed by atoms with van der Waals surface area (Å²) in [6.45, 7) is 6.21. The van der Waals surface area contributed by atoms with Crippen LogP contribution in [-0.2, 0) is 18.4 Å². The van der Waals surface area contributed by atoms with Crippen LogP contribution in [0.15, 0.2) is 24.5 Å². The second kappa shape index (κ2) is 5.17. The molecule has 4 nitrogen and oxygen atoms in total. The van der Waals surface area contributed by atoms with Gasteiger partial charge < -0.3 is 9.64 Å². The molecule has 0 unspecified atom stereocenters. The maximum atomic E-state index is 11.7. The summed E-state index contributed by atoms with van der Waals surface area (Å²) >= 11 is 0. The third kappa shape index (κ3) is 4.06. The number of hydrogen-bond donors (Lipinski definition) is 0. The topological polar surface area (TPSA) is 33.4 Å². The molecule has 0 N–H and O–H groups in total. The Morgan fingerprint density at radius 1 is 1.35 bits per heavy atom. The normalized spacial score (nSPS) is 11.1. The summed E-state index contributed by atoms with van der Waals surface area (Å²) in [5.41, 5.74) is 0.763. The average molecular weight is 237 g/mol. The number of aromatic nitrogens is 1. The highest BCUT2D eigenvalue weighted by Gasteiger charge is 2.23. The van der Waals surface area contributed by atoms with Gasteiger partial charge in [-0.1, -0.05) is 0 Å². The second-order valence-corrected chi connectivity index (χ2v) is 5.16. The van der Waals surface area contributed by atoms with Gasteiger partial charge in [0.15, 0.2) is 12.4 Å². The molecule has 0 bridgehead atoms. The zero-order valence-electron chi connectivity index (χ0n) is 11.2. The fourth-order valence-electron chi connectivity index (χ4n) is 1.14. The van der Waals surface area contributed by atoms with Crippen LogP contribution in [0.5, 0.6) is 0 Å². The van der Waals surface area contributed by atoms with Crippen molar-refractivity contribution in [1.82, 2.24) is 4.90 Å². The summed E-state index contributed by atoms with van der Waals surface area (Å²) in [6.07, 6.45) is 3.55. The molecule has 0 aliphatic rings. The maximum absolute atomic E-state index is 11.7. The molecule has 1 amide bonds. The minimum Gasteiger partial charge on any atom is -0.445 e. The van der Waals surface area contributed by atoms with Crippen LogP contribution in [0.4, 0.5) is 4.79 Å². The minimum atomic E-state index is -0.300. The van der Waals surface area contributed by atoms with Gasteiger partial charge in [-0.25, -0.2) is 9.36 Å². The number of rotatable bonds is 2. The largest absolute Gasteiger partial charge is 0.445 e. The molecule has 1 aromatic rings. The SMILES string of the molecule is CN(C(=O)OCc1cc[n+](C)cc1)C(C)(C)C. The van der Waals surface area contributed by atoms with E-state index >= 15 is 0 Å². The lowest BCUT2D eigenvalue weighted by Crippen LogP contribution is -2.42. The highest BCUT2D eigenvalue weighted by molar-refractivity contribution is 5.68. The molecule has 0 aromatic carbocycles. The molecule has 0 atom stereocenters. The minimum absolute atomic E-state index is 0.222. The number of amides is 1. The van der Waals surface area contributed by atoms with Gasteiger partial charge in [0.05, 0.1) is 0 Å². The van der Waals surface area contributed by atoms with Gasteiger partial charge in [0, 0.05) is 30.3 Å². The van der Waals surface area contributed by atoms with Gasteiger partial charge in [-0.05, 0) is 20.8 Å². The van der Waals surface area contributed by atoms with Crippen LogP contribution < -0.4 is 4.57 Å². The van der Waals surface area contributed by atoms with Gasteiger partial charge in [-0.15, -0.1) is 0 Å². The molecule has 4 heteroatoms. The Bertz CT molecular complexity index is 379. The molecule has 0 saturated carbocycles. The summed E-state index contributed by atoms with van der Waals surface area (Å²) in [4.78, 5) is 13.3. The number of carbonyl (C=O) groups excluding carboxylic acids is 1. The van der Waals surface area contributed by atoms with Crippen molar-refractivity contribution >= 4 is 6.09 Å². The molecule has 0 saturated heterocycles. The summed E-state index contributed by atoms with van der Waals surface area (Å²) in [7, 11) is 3.69. The van der Waals surface area contributed by atoms with Gasteiger partial charge >= 0.3 is 6.09 Å². The van der Waals surface area contributed by atoms with Crippen molar-refractivity contribution in [3.05, 3.63) is 30.1 Å². The quantitative estimate of drug-likeness (QED) is 0.736. The number of hydrogen-bond acceptors (Lipinski definition) is 2. The molecule has 94 valence electrons. The fraction of sp³-hybridized carbons (Fsp3) is 0.538. The molecular formula is C13H21N2O2+. The van der Waals surface area contributed by atoms with E-state index in [1.54, 1.807) is 11.9 Å². The Morgan fingerprint density at radius 2 is 1.88 bits per heavy atom. The Morgan fingerprint density at radius 3 is 2.35 bits per heavy atom. The van der Waals surface area contributed by atoms with Crippen LogP contribution in [0.1, 0.15) is 26.3 Å². The van der Waals surface area contributed by atoms with Crippen LogP contribution in [0.2, 0.25) is 0 Å². The average Bonchev–Trinajstić information content (AvgIpc) is 2.25. The first-order chi connectivity index (χ1) is 7.80. The fourth-order valence-corrected chi connectivity index (χ4v) is 1.14. The molecule has 0 aliphatic carbocycles. The molecule has 17 heavy (non-hydrogen) atoms. The number of nitrogens with zero attached hydrogens (tertiary/aromatic N) is 2. The first-order valence-corrected chi connectivity index (χ1v) is 5.65. The highest BCUT2D eigenvalue weighted by Crippen LogP contribution is 2.12. The predicted octanol–water partition coefficient (Wildman–Crippen LogP) is 1.88. The van der Waals surface area contributed by atoms with E-state index in [4.69, 9.17) is 4.74 Å². The third-order valence-electron chi connectivity index (χ3n) is 2.69. The van der Waals surface area contributed by atoms with E-state index in [1.807, 2.05) is 56.9 Å². The van der Waals surface area contributed by atoms with Crippen molar-refractivity contribution in [2.75, 3.05) is 7.05 Å². The number of pyridine rings is 1. The Hall–Kier alpha value is -1.58. The lowest BCUT2D eigenvalue weighted by atomic mass is 10.1. The molecule has 1 heterocycles. The van der Waals surface area contributed by atoms with E-state index in [9.17, 15) is 4.79 Å². The second-order valence-electron chi connectivity index (χ2n) is 5.16. The molecule has 0 radical (unpaired) electrons. The highest BCUT2D eigenvalue weighted by atomic mass is 16.6. The van der Waals surface area contributed by atoms with Crippen molar-refractivity contribution in [3.63, 3.8) is 0 Å². The zero-order valence-corrected chi connectivity index (χ0v) is 11.2. The first-order valence-electron chi connectivity index (χ1n) is 5.65. The molecular weight excluding hydrogens is 216 g/mol. The Kier molecular flexibility index (Phi) is 4.10. The lowest BCUT2D eigenvalue weighted by molar-refractivity contribution is -0.671. The summed E-state index contributed by atoms with van der Waals surface area (Å²) in [5.74, 6) is 0. The number of carbonyl (C=O) groups is 1. The van der Waals surface area contributed by atoms with Gasteiger partial charge in [0.25, 0.3) is 0 Å². The zero-order chi connectivity index (χ0) is 13.1. The van der Waals surface area contributed by atoms with E-state index in [1.165, 1.54) is 0 Å². The monoisotopic (exact) mass is 237 g/mol. The number of aryl methyl sites for hydroxylation is 1. The van der Waals surface area contributed by atoms with Crippen LogP contribution in [0, 0.1) is 0 Å². The van der Waals surface area contributed by atoms with Gasteiger partial charge in [0.1, 0.15) is 13.7 Å². The van der Waals surface area contributed by atoms with Crippen LogP contribution in [-0.4, -0.2) is 23.6 Å². The lowest BCUT2D eigenvalue weighted by Gasteiger charge is -2.30. The van der Waals surface area contributed by atoms with E-state index in [0.717, 1.165) is 5.56 Å². The first kappa shape index (κ1) is 13.5. The van der Waals surface area contributed by atoms with Crippen molar-refractivity contribution in [2.24, 2.45) is 7.05 Å². The molecule has 0 aliphatic heterocycles. The molecule has 1 aromatic heterocycles. The van der Waals surface area contributed by atoms with Gasteiger partial charge in [-0.3, -0.25) is 0 Å². The van der Waals surface area contributed by atoms with Gasteiger partial charge in [0.2, 0.25) is 0 Å². The van der Waals surface area contributed by atoms with Crippen molar-refractivity contribution < 1.29 is 14.1 Å². The van der Waals surface area contributed by atoms with Crippen molar-refractivity contribution in [1.29, 1.82) is 0 Å². The third-order valence-corrected chi connectivity index (χ3v) is 2.69. The smallest absolute Gasteiger partial charge is 0.410 e. The Labute approximate surface area is 103 Å². The van der Waals surface area contributed by atoms with E-state index in [2.05, 4.69) is 0 Å². The summed E-state index contributed by atoms with van der Waals surface area (Å²) in [5, 5.41) is 0. The van der Waals surface area contributed by atoms with Crippen LogP contribution >= 0.6 is 0 Å². The Balaban J connectivity index is 2.51. The van der Waals surface area contributed by atoms with Crippen LogP contribution in [0.25, 0.3) is 0 Å². The van der Waals surface area contributed by atoms with Crippen LogP contribution in [0.3, 0.4) is 0 Å². The van der Waals surface area contributed by atoms with Gasteiger partial charge in [-0.2, -0.15) is 0 Å². The van der Waals surface area contributed by atoms with E-state index in [-0.39, 0.29) is 11.6 Å². The van der Waals surface area contributed by atoms with Crippen molar-refractivity contribution in [2.45, 2.75) is 32.9 Å². The van der Waals surface area contributed by atoms with Crippen molar-refractivity contribution in [3.8, 4) is 0 Å². The maximum Gasteiger partial charge on any atom is 0.410 e. The van der Waals surface area contributed by atoms with E-state index < -0.39 is 0 Å². The molecule has 0 fully saturated rings. The predicted molar refractivity (Wildman–Crippen MR) is 65.3 cm³/mol. The van der Waals surface area contributed by atoms with E-state index in [0.29, 0.717) is 6.61 Å². The molecule has 1 rings (SSSR count). The standard InChI is InChI=1S/C13H21N2O2/c1-13(2,3)15(5)12(16)17-10-11-6-8-14(4)9-7-11/h6-9H,10H2,1-5H3/q+1. The summed E-state index contributed by atoms with van der Waals surface area (Å²) < 4.78 is 7.17. The number of ether oxygens (including phenoxy) is 1.